The van der Waals surface area contributed by atoms with E-state index in [0.29, 0.717) is 29.9 Å². The summed E-state index contributed by atoms with van der Waals surface area (Å²) in [6, 6.07) is 4.40. The van der Waals surface area contributed by atoms with Crippen molar-refractivity contribution in [2.45, 2.75) is 39.3 Å². The number of ether oxygens (including phenoxy) is 3. The van der Waals surface area contributed by atoms with Crippen molar-refractivity contribution in [3.63, 3.8) is 0 Å². The molecule has 0 atom stereocenters. The molecule has 0 radical (unpaired) electrons. The molecule has 4 nitrogen and oxygen atoms in total. The second-order valence-corrected chi connectivity index (χ2v) is 5.14. The van der Waals surface area contributed by atoms with Gasteiger partial charge < -0.3 is 19.5 Å². The Bertz CT molecular complexity index is 419. The molecule has 1 N–H and O–H groups in total. The van der Waals surface area contributed by atoms with Gasteiger partial charge in [0.25, 0.3) is 0 Å². The smallest absolute Gasteiger partial charge is 0.203 e. The minimum absolute atomic E-state index is 0.428. The molecule has 0 unspecified atom stereocenters. The van der Waals surface area contributed by atoms with E-state index in [1.165, 1.54) is 0 Å². The van der Waals surface area contributed by atoms with Crippen molar-refractivity contribution >= 4 is 0 Å². The van der Waals surface area contributed by atoms with Crippen molar-refractivity contribution < 1.29 is 14.2 Å². The molecule has 0 aromatic heterocycles. The van der Waals surface area contributed by atoms with Crippen LogP contribution in [0.3, 0.4) is 0 Å². The van der Waals surface area contributed by atoms with Crippen molar-refractivity contribution in [3.05, 3.63) is 30.4 Å². The molecule has 0 heterocycles. The van der Waals surface area contributed by atoms with E-state index in [9.17, 15) is 0 Å². The molecule has 0 aliphatic carbocycles. The number of hydrogen-bond acceptors (Lipinski definition) is 4. The Hall–Kier alpha value is -1.68. The fourth-order valence-corrected chi connectivity index (χ4v) is 1.90. The lowest BCUT2D eigenvalue weighted by Crippen LogP contribution is -2.21. The number of benzene rings is 1. The molecule has 0 fully saturated rings. The normalized spacial score (nSPS) is 10.5. The summed E-state index contributed by atoms with van der Waals surface area (Å²) in [4.78, 5) is 0. The van der Waals surface area contributed by atoms with Crippen LogP contribution in [0.15, 0.2) is 24.8 Å². The predicted molar refractivity (Wildman–Crippen MR) is 86.4 cm³/mol. The van der Waals surface area contributed by atoms with Gasteiger partial charge in [0.15, 0.2) is 11.5 Å². The molecule has 118 valence electrons. The van der Waals surface area contributed by atoms with Crippen LogP contribution in [0.2, 0.25) is 0 Å². The van der Waals surface area contributed by atoms with E-state index in [0.717, 1.165) is 24.9 Å². The molecule has 0 aliphatic rings. The van der Waals surface area contributed by atoms with Crippen LogP contribution in [0.5, 0.6) is 17.2 Å². The highest BCUT2D eigenvalue weighted by Crippen LogP contribution is 2.38. The first-order chi connectivity index (χ1) is 10.1. The minimum Gasteiger partial charge on any atom is -0.493 e. The first-order valence-electron chi connectivity index (χ1n) is 7.34. The topological polar surface area (TPSA) is 39.7 Å². The van der Waals surface area contributed by atoms with Gasteiger partial charge in [-0.2, -0.15) is 0 Å². The molecule has 0 aliphatic heterocycles. The Labute approximate surface area is 128 Å². The largest absolute Gasteiger partial charge is 0.493 e. The lowest BCUT2D eigenvalue weighted by Gasteiger charge is -2.17. The SMILES string of the molecule is C=CCCCOc1c(OC)cc(CNC(C)C)cc1OC. The number of allylic oxidation sites excluding steroid dienone is 1. The van der Waals surface area contributed by atoms with Gasteiger partial charge in [0.05, 0.1) is 20.8 Å². The van der Waals surface area contributed by atoms with Crippen LogP contribution in [0.1, 0.15) is 32.3 Å². The van der Waals surface area contributed by atoms with Crippen LogP contribution in [0, 0.1) is 0 Å². The summed E-state index contributed by atoms with van der Waals surface area (Å²) in [5.41, 5.74) is 1.11. The van der Waals surface area contributed by atoms with E-state index in [2.05, 4.69) is 25.7 Å². The van der Waals surface area contributed by atoms with Gasteiger partial charge in [-0.3, -0.25) is 0 Å². The van der Waals surface area contributed by atoms with E-state index < -0.39 is 0 Å². The quantitative estimate of drug-likeness (QED) is 0.529. The van der Waals surface area contributed by atoms with Gasteiger partial charge in [0.2, 0.25) is 5.75 Å². The summed E-state index contributed by atoms with van der Waals surface area (Å²) in [6.45, 7) is 9.32. The summed E-state index contributed by atoms with van der Waals surface area (Å²) in [5, 5.41) is 3.38. The average Bonchev–Trinajstić information content (AvgIpc) is 2.49. The maximum Gasteiger partial charge on any atom is 0.203 e. The molecule has 0 saturated carbocycles. The van der Waals surface area contributed by atoms with Crippen molar-refractivity contribution in [1.82, 2.24) is 5.32 Å². The number of nitrogens with one attached hydrogen (secondary N) is 1. The van der Waals surface area contributed by atoms with Gasteiger partial charge >= 0.3 is 0 Å². The molecule has 1 aromatic carbocycles. The fraction of sp³-hybridized carbons (Fsp3) is 0.529. The molecular formula is C17H27NO3. The highest BCUT2D eigenvalue weighted by Gasteiger charge is 2.14. The maximum absolute atomic E-state index is 5.81. The van der Waals surface area contributed by atoms with Crippen LogP contribution >= 0.6 is 0 Å². The van der Waals surface area contributed by atoms with Crippen LogP contribution in [0.25, 0.3) is 0 Å². The highest BCUT2D eigenvalue weighted by atomic mass is 16.5. The van der Waals surface area contributed by atoms with Crippen LogP contribution in [0.4, 0.5) is 0 Å². The Morgan fingerprint density at radius 2 is 1.81 bits per heavy atom. The lowest BCUT2D eigenvalue weighted by atomic mass is 10.1. The molecule has 21 heavy (non-hydrogen) atoms. The van der Waals surface area contributed by atoms with Crippen molar-refractivity contribution in [3.8, 4) is 17.2 Å². The monoisotopic (exact) mass is 293 g/mol. The van der Waals surface area contributed by atoms with Crippen LogP contribution in [-0.4, -0.2) is 26.9 Å². The molecule has 1 rings (SSSR count). The van der Waals surface area contributed by atoms with Crippen molar-refractivity contribution in [1.29, 1.82) is 0 Å². The minimum atomic E-state index is 0.428. The number of unbranched alkanes of at least 4 members (excludes halogenated alkanes) is 1. The zero-order valence-electron chi connectivity index (χ0n) is 13.6. The second-order valence-electron chi connectivity index (χ2n) is 5.14. The third-order valence-electron chi connectivity index (χ3n) is 3.03. The third-order valence-corrected chi connectivity index (χ3v) is 3.03. The Morgan fingerprint density at radius 3 is 2.29 bits per heavy atom. The third kappa shape index (κ3) is 5.68. The van der Waals surface area contributed by atoms with Gasteiger partial charge in [0.1, 0.15) is 0 Å². The number of hydrogen-bond donors (Lipinski definition) is 1. The van der Waals surface area contributed by atoms with Crippen molar-refractivity contribution in [2.24, 2.45) is 0 Å². The van der Waals surface area contributed by atoms with E-state index >= 15 is 0 Å². The fourth-order valence-electron chi connectivity index (χ4n) is 1.90. The van der Waals surface area contributed by atoms with Gasteiger partial charge in [-0.15, -0.1) is 6.58 Å². The zero-order chi connectivity index (χ0) is 15.7. The Balaban J connectivity index is 2.87. The standard InChI is InChI=1S/C17H27NO3/c1-6-7-8-9-21-17-15(19-4)10-14(11-16(17)20-5)12-18-13(2)3/h6,10-11,13,18H,1,7-9,12H2,2-5H3. The molecule has 1 aromatic rings. The summed E-state index contributed by atoms with van der Waals surface area (Å²) in [7, 11) is 3.29. The molecule has 4 heteroatoms. The van der Waals surface area contributed by atoms with Gasteiger partial charge in [-0.05, 0) is 30.5 Å². The Kier molecular flexibility index (Phi) is 7.69. The van der Waals surface area contributed by atoms with Gasteiger partial charge in [-0.1, -0.05) is 19.9 Å². The van der Waals surface area contributed by atoms with E-state index in [-0.39, 0.29) is 0 Å². The number of methoxy groups -OCH3 is 2. The molecule has 0 bridgehead atoms. The first-order valence-corrected chi connectivity index (χ1v) is 7.34. The summed E-state index contributed by atoms with van der Waals surface area (Å²) in [5.74, 6) is 2.07. The van der Waals surface area contributed by atoms with E-state index in [1.807, 2.05) is 18.2 Å². The van der Waals surface area contributed by atoms with Crippen LogP contribution < -0.4 is 19.5 Å². The predicted octanol–water partition coefficient (Wildman–Crippen LogP) is 3.55. The van der Waals surface area contributed by atoms with Crippen LogP contribution in [-0.2, 0) is 6.54 Å². The molecule has 0 saturated heterocycles. The average molecular weight is 293 g/mol. The second kappa shape index (κ2) is 9.29. The maximum atomic E-state index is 5.81. The first kappa shape index (κ1) is 17.4. The summed E-state index contributed by atoms with van der Waals surface area (Å²) in [6.07, 6.45) is 3.74. The number of rotatable bonds is 10. The molecule has 0 amide bonds. The van der Waals surface area contributed by atoms with E-state index in [4.69, 9.17) is 14.2 Å². The highest BCUT2D eigenvalue weighted by molar-refractivity contribution is 5.53. The van der Waals surface area contributed by atoms with Gasteiger partial charge in [-0.25, -0.2) is 0 Å². The van der Waals surface area contributed by atoms with E-state index in [1.54, 1.807) is 14.2 Å². The summed E-state index contributed by atoms with van der Waals surface area (Å²) < 4.78 is 16.7. The van der Waals surface area contributed by atoms with Crippen molar-refractivity contribution in [2.75, 3.05) is 20.8 Å². The zero-order valence-corrected chi connectivity index (χ0v) is 13.6. The lowest BCUT2D eigenvalue weighted by molar-refractivity contribution is 0.271. The Morgan fingerprint density at radius 1 is 1.19 bits per heavy atom. The summed E-state index contributed by atoms with van der Waals surface area (Å²) >= 11 is 0. The van der Waals surface area contributed by atoms with Gasteiger partial charge in [0, 0.05) is 12.6 Å². The molecular weight excluding hydrogens is 266 g/mol. The molecule has 0 spiro atoms.